The summed E-state index contributed by atoms with van der Waals surface area (Å²) in [7, 11) is -0.777. The molecule has 4 aliphatic carbocycles. The number of hydrogen-bond acceptors (Lipinski definition) is 0. The van der Waals surface area contributed by atoms with Crippen LogP contribution in [0.1, 0.15) is 44.5 Å². The van der Waals surface area contributed by atoms with Gasteiger partial charge in [-0.3, -0.25) is 0 Å². The molecule has 0 N–H and O–H groups in total. The van der Waals surface area contributed by atoms with Gasteiger partial charge in [0.05, 0.1) is 0 Å². The molecule has 0 aliphatic heterocycles. The summed E-state index contributed by atoms with van der Waals surface area (Å²) in [5, 5.41) is 3.23. The molecule has 2 heteroatoms. The van der Waals surface area contributed by atoms with E-state index in [2.05, 4.69) is 158 Å². The van der Waals surface area contributed by atoms with E-state index in [-0.39, 0.29) is 15.8 Å². The van der Waals surface area contributed by atoms with Crippen LogP contribution in [-0.4, -0.2) is 0 Å². The minimum Gasteiger partial charge on any atom is -0.0660 e. The molecular formula is C44H42P2. The van der Waals surface area contributed by atoms with Crippen molar-refractivity contribution in [3.8, 4) is 0 Å². The maximum Gasteiger partial charge on any atom is -0.00297 e. The number of rotatable bonds is 10. The average Bonchev–Trinajstić information content (AvgIpc) is 3.10. The lowest BCUT2D eigenvalue weighted by molar-refractivity contribution is 0.932. The third-order valence-electron chi connectivity index (χ3n) is 9.21. The van der Waals surface area contributed by atoms with Crippen LogP contribution in [0, 0.1) is 0 Å². The van der Waals surface area contributed by atoms with E-state index in [1.165, 1.54) is 33.4 Å². The molecule has 46 heavy (non-hydrogen) atoms. The number of hydrogen-bond donors (Lipinski definition) is 0. The highest BCUT2D eigenvalue weighted by atomic mass is 31.1. The second kappa shape index (κ2) is 15.2. The smallest absolute Gasteiger partial charge is 0.00297 e. The maximum atomic E-state index is 2.61. The van der Waals surface area contributed by atoms with Gasteiger partial charge in [-0.1, -0.05) is 174 Å². The summed E-state index contributed by atoms with van der Waals surface area (Å²) in [6.07, 6.45) is 8.85. The first-order valence-electron chi connectivity index (χ1n) is 16.7. The van der Waals surface area contributed by atoms with Crippen molar-refractivity contribution in [1.29, 1.82) is 0 Å². The van der Waals surface area contributed by atoms with Gasteiger partial charge in [0.2, 0.25) is 0 Å². The standard InChI is InChI=1S/C44H42P2/c1-5-13-37(14-6-1)31-45(32-38-15-7-2-8-16-38)43-29-35-21-25-41(43)27-23-36-22-26-42(28-24-35)44(30-36)46(33-39-17-9-3-10-18-39)34-40-19-11-4-12-20-40/h1-22,25-26,29-30H,23-24,27-28,31-34H2. The minimum atomic E-state index is -0.388. The van der Waals surface area contributed by atoms with Gasteiger partial charge in [0, 0.05) is 0 Å². The predicted molar refractivity (Wildman–Crippen MR) is 201 cm³/mol. The van der Waals surface area contributed by atoms with Crippen molar-refractivity contribution >= 4 is 26.5 Å². The Kier molecular flexibility index (Phi) is 10.2. The molecule has 0 heterocycles. The van der Waals surface area contributed by atoms with Crippen molar-refractivity contribution in [2.45, 2.75) is 50.3 Å². The van der Waals surface area contributed by atoms with E-state index in [9.17, 15) is 0 Å². The van der Waals surface area contributed by atoms with Crippen LogP contribution in [0.5, 0.6) is 0 Å². The molecule has 0 unspecified atom stereocenters. The molecular weight excluding hydrogens is 590 g/mol. The van der Waals surface area contributed by atoms with E-state index in [0.717, 1.165) is 50.3 Å². The van der Waals surface area contributed by atoms with Gasteiger partial charge in [0.1, 0.15) is 0 Å². The van der Waals surface area contributed by atoms with Crippen LogP contribution in [0.25, 0.3) is 0 Å². The first-order valence-corrected chi connectivity index (χ1v) is 20.1. The van der Waals surface area contributed by atoms with Gasteiger partial charge >= 0.3 is 0 Å². The highest BCUT2D eigenvalue weighted by Gasteiger charge is 2.21. The molecule has 0 saturated heterocycles. The Morgan fingerprint density at radius 2 is 0.630 bits per heavy atom. The molecule has 4 aliphatic rings. The van der Waals surface area contributed by atoms with Gasteiger partial charge in [-0.15, -0.1) is 0 Å². The van der Waals surface area contributed by atoms with Crippen molar-refractivity contribution in [2.24, 2.45) is 0 Å². The molecule has 6 aromatic rings. The molecule has 0 nitrogen and oxygen atoms in total. The first-order chi connectivity index (χ1) is 22.8. The summed E-state index contributed by atoms with van der Waals surface area (Å²) < 4.78 is 0. The fourth-order valence-corrected chi connectivity index (χ4v) is 12.2. The Hall–Kier alpha value is -3.82. The molecule has 0 saturated carbocycles. The van der Waals surface area contributed by atoms with Crippen LogP contribution in [0.3, 0.4) is 0 Å². The normalized spacial score (nSPS) is 12.7. The van der Waals surface area contributed by atoms with Crippen LogP contribution >= 0.6 is 15.8 Å². The van der Waals surface area contributed by atoms with Crippen molar-refractivity contribution in [1.82, 2.24) is 0 Å². The quantitative estimate of drug-likeness (QED) is 0.132. The largest absolute Gasteiger partial charge is 0.0660 e. The monoisotopic (exact) mass is 632 g/mol. The summed E-state index contributed by atoms with van der Waals surface area (Å²) in [5.41, 5.74) is 11.9. The van der Waals surface area contributed by atoms with Gasteiger partial charge in [-0.25, -0.2) is 0 Å². The molecule has 228 valence electrons. The van der Waals surface area contributed by atoms with E-state index in [0.29, 0.717) is 0 Å². The fourth-order valence-electron chi connectivity index (χ4n) is 6.77. The van der Waals surface area contributed by atoms with Crippen LogP contribution in [0.4, 0.5) is 0 Å². The van der Waals surface area contributed by atoms with Gasteiger partial charge in [-0.2, -0.15) is 0 Å². The Morgan fingerprint density at radius 1 is 0.326 bits per heavy atom. The molecule has 0 fully saturated rings. The predicted octanol–water partition coefficient (Wildman–Crippen LogP) is 10.6. The summed E-state index contributed by atoms with van der Waals surface area (Å²) >= 11 is 0. The van der Waals surface area contributed by atoms with Gasteiger partial charge in [0.25, 0.3) is 0 Å². The first kappa shape index (κ1) is 30.8. The molecule has 0 radical (unpaired) electrons. The van der Waals surface area contributed by atoms with E-state index in [4.69, 9.17) is 0 Å². The van der Waals surface area contributed by atoms with E-state index in [1.807, 2.05) is 0 Å². The van der Waals surface area contributed by atoms with Crippen molar-refractivity contribution < 1.29 is 0 Å². The van der Waals surface area contributed by atoms with E-state index in [1.54, 1.807) is 21.7 Å². The third-order valence-corrected chi connectivity index (χ3v) is 14.4. The summed E-state index contributed by atoms with van der Waals surface area (Å²) in [6, 6.07) is 59.6. The van der Waals surface area contributed by atoms with Crippen LogP contribution in [0.2, 0.25) is 0 Å². The second-order valence-electron chi connectivity index (χ2n) is 12.6. The number of aryl methyl sites for hydroxylation is 4. The Morgan fingerprint density at radius 3 is 0.935 bits per heavy atom. The second-order valence-corrected chi connectivity index (χ2v) is 17.0. The average molecular weight is 633 g/mol. The summed E-state index contributed by atoms with van der Waals surface area (Å²) in [5.74, 6) is 0. The molecule has 6 aromatic carbocycles. The van der Waals surface area contributed by atoms with Crippen molar-refractivity contribution in [3.63, 3.8) is 0 Å². The Balaban J connectivity index is 1.22. The van der Waals surface area contributed by atoms with Crippen LogP contribution < -0.4 is 10.6 Å². The van der Waals surface area contributed by atoms with Gasteiger partial charge in [-0.05, 0) is 105 Å². The summed E-state index contributed by atoms with van der Waals surface area (Å²) in [4.78, 5) is 0. The lowest BCUT2D eigenvalue weighted by Gasteiger charge is -2.25. The van der Waals surface area contributed by atoms with Crippen LogP contribution in [-0.2, 0) is 50.3 Å². The highest BCUT2D eigenvalue weighted by molar-refractivity contribution is 7.64. The molecule has 4 bridgehead atoms. The third kappa shape index (κ3) is 7.93. The lowest BCUT2D eigenvalue weighted by atomic mass is 9.96. The SMILES string of the molecule is c1ccc(CP(Cc2ccccc2)c2cc3ccc2CCc2ccc(c(P(Cc4ccccc4)Cc4ccccc4)c2)CC3)cc1. The topological polar surface area (TPSA) is 0 Å². The van der Waals surface area contributed by atoms with E-state index >= 15 is 0 Å². The van der Waals surface area contributed by atoms with E-state index < -0.39 is 0 Å². The molecule has 0 spiro atoms. The fraction of sp³-hybridized carbons (Fsp3) is 0.182. The molecule has 0 aromatic heterocycles. The Labute approximate surface area is 278 Å². The van der Waals surface area contributed by atoms with Crippen LogP contribution in [0.15, 0.2) is 158 Å². The Bertz CT molecular complexity index is 1610. The zero-order valence-corrected chi connectivity index (χ0v) is 28.4. The lowest BCUT2D eigenvalue weighted by Crippen LogP contribution is -2.17. The maximum absolute atomic E-state index is 2.61. The van der Waals surface area contributed by atoms with Crippen molar-refractivity contribution in [3.05, 3.63) is 202 Å². The molecule has 0 atom stereocenters. The number of benzene rings is 6. The summed E-state index contributed by atoms with van der Waals surface area (Å²) in [6.45, 7) is 0. The zero-order chi connectivity index (χ0) is 31.0. The molecule has 10 rings (SSSR count). The zero-order valence-electron chi connectivity index (χ0n) is 26.6. The van der Waals surface area contributed by atoms with Gasteiger partial charge in [0.15, 0.2) is 0 Å². The molecule has 0 amide bonds. The highest BCUT2D eigenvalue weighted by Crippen LogP contribution is 2.45. The minimum absolute atomic E-state index is 0.388. The van der Waals surface area contributed by atoms with Gasteiger partial charge < -0.3 is 0 Å². The van der Waals surface area contributed by atoms with Crippen molar-refractivity contribution in [2.75, 3.05) is 0 Å².